The average molecular weight is 663 g/mol. The lowest BCUT2D eigenvalue weighted by molar-refractivity contribution is -0.697. The molecule has 2 aromatic heterocycles. The van der Waals surface area contributed by atoms with Crippen LogP contribution in [0.5, 0.6) is 0 Å². The molecule has 0 spiro atoms. The SMILES string of the molecule is C1=C\CCCCCCc2ccc[n+](c2)CCCCCC/C=C\CCCCCCc2ccc[n+](c2)CCCCCCCC/1.O=C[O-].O=C[O-]. The molecule has 3 heterocycles. The van der Waals surface area contributed by atoms with Crippen LogP contribution < -0.4 is 19.3 Å². The molecule has 6 nitrogen and oxygen atoms in total. The van der Waals surface area contributed by atoms with Crippen molar-refractivity contribution in [3.05, 3.63) is 84.5 Å². The van der Waals surface area contributed by atoms with Crippen molar-refractivity contribution in [1.82, 2.24) is 0 Å². The van der Waals surface area contributed by atoms with Crippen molar-refractivity contribution >= 4 is 12.9 Å². The van der Waals surface area contributed by atoms with Crippen molar-refractivity contribution in [2.45, 2.75) is 167 Å². The monoisotopic (exact) mass is 663 g/mol. The van der Waals surface area contributed by atoms with Crippen LogP contribution in [0.4, 0.5) is 0 Å². The second-order valence-corrected chi connectivity index (χ2v) is 13.1. The summed E-state index contributed by atoms with van der Waals surface area (Å²) in [4.78, 5) is 16.5. The Morgan fingerprint density at radius 3 is 1.08 bits per heavy atom. The number of rotatable bonds is 0. The van der Waals surface area contributed by atoms with Gasteiger partial charge in [-0.1, -0.05) is 75.7 Å². The molecule has 0 N–H and O–H groups in total. The molecule has 0 saturated heterocycles. The fourth-order valence-electron chi connectivity index (χ4n) is 6.26. The Labute approximate surface area is 293 Å². The van der Waals surface area contributed by atoms with E-state index in [1.165, 1.54) is 178 Å². The molecule has 1 aliphatic rings. The summed E-state index contributed by atoms with van der Waals surface area (Å²) < 4.78 is 4.85. The van der Waals surface area contributed by atoms with Crippen molar-refractivity contribution in [3.8, 4) is 0 Å². The minimum atomic E-state index is -0.500. The summed E-state index contributed by atoms with van der Waals surface area (Å²) in [7, 11) is 0. The minimum Gasteiger partial charge on any atom is -0.554 e. The standard InChI is InChI=1S/C40H64N2.2CH2O2/c1-2-5-9-13-17-21-25-33-41-35-28-32-40(38-41)30-24-20-16-12-8-4-6-10-14-18-22-26-34-42-36-27-31-39(37-42)29-23-19-15-11-7-3-1;2*2-1-3/h1,3-4,6,27-28,31-32,35-38H,2,5,7-26,29-30,33-34H2;2*1H,(H,2,3)/q+2;;/p-2/b3-1-,6-4-;;. The molecule has 0 unspecified atom stereocenters. The Hall–Kier alpha value is -3.28. The van der Waals surface area contributed by atoms with E-state index in [9.17, 15) is 0 Å². The summed E-state index contributed by atoms with van der Waals surface area (Å²) in [6.07, 6.45) is 51.0. The van der Waals surface area contributed by atoms with Gasteiger partial charge in [0.15, 0.2) is 24.8 Å². The zero-order chi connectivity index (χ0) is 34.6. The van der Waals surface area contributed by atoms with Crippen molar-refractivity contribution in [2.24, 2.45) is 0 Å². The molecule has 0 aromatic carbocycles. The van der Waals surface area contributed by atoms with Crippen LogP contribution in [-0.4, -0.2) is 12.9 Å². The van der Waals surface area contributed by atoms with Gasteiger partial charge < -0.3 is 19.8 Å². The van der Waals surface area contributed by atoms with Gasteiger partial charge >= 0.3 is 0 Å². The Bertz CT molecular complexity index is 1080. The number of hydrogen-bond donors (Lipinski definition) is 0. The molecule has 6 heteroatoms. The molecule has 4 bridgehead atoms. The number of allylic oxidation sites excluding steroid dienone is 4. The van der Waals surface area contributed by atoms with Gasteiger partial charge in [-0.3, -0.25) is 0 Å². The summed E-state index contributed by atoms with van der Waals surface area (Å²) in [5.74, 6) is 0. The molecule has 0 fully saturated rings. The van der Waals surface area contributed by atoms with Crippen molar-refractivity contribution < 1.29 is 28.9 Å². The van der Waals surface area contributed by atoms with Gasteiger partial charge in [-0.15, -0.1) is 0 Å². The normalized spacial score (nSPS) is 19.0. The number of carbonyl (C=O) groups is 2. The van der Waals surface area contributed by atoms with Crippen LogP contribution in [-0.2, 0) is 35.5 Å². The zero-order valence-corrected chi connectivity index (χ0v) is 30.0. The first-order valence-electron chi connectivity index (χ1n) is 19.1. The molecule has 0 radical (unpaired) electrons. The van der Waals surface area contributed by atoms with Crippen LogP contribution in [0, 0.1) is 0 Å². The number of aromatic nitrogens is 2. The molecule has 3 rings (SSSR count). The Kier molecular flexibility index (Phi) is 29.9. The number of aryl methyl sites for hydroxylation is 4. The van der Waals surface area contributed by atoms with Crippen LogP contribution >= 0.6 is 0 Å². The molecule has 2 aromatic rings. The highest BCUT2D eigenvalue weighted by molar-refractivity contribution is 5.29. The predicted octanol–water partition coefficient (Wildman–Crippen LogP) is 7.49. The topological polar surface area (TPSA) is 88.0 Å². The fraction of sp³-hybridized carbons (Fsp3) is 0.619. The Morgan fingerprint density at radius 1 is 0.438 bits per heavy atom. The lowest BCUT2D eigenvalue weighted by Crippen LogP contribution is -2.33. The van der Waals surface area contributed by atoms with Gasteiger partial charge in [0.05, 0.1) is 0 Å². The molecule has 48 heavy (non-hydrogen) atoms. The number of nitrogens with zero attached hydrogens (tertiary/aromatic N) is 2. The van der Waals surface area contributed by atoms with E-state index in [1.807, 2.05) is 0 Å². The third-order valence-electron chi connectivity index (χ3n) is 8.92. The maximum Gasteiger partial charge on any atom is 0.171 e. The maximum absolute atomic E-state index is 8.25. The van der Waals surface area contributed by atoms with Crippen LogP contribution in [0.15, 0.2) is 73.4 Å². The van der Waals surface area contributed by atoms with E-state index in [1.54, 1.807) is 0 Å². The third kappa shape index (κ3) is 26.8. The second-order valence-electron chi connectivity index (χ2n) is 13.1. The van der Waals surface area contributed by atoms with E-state index in [2.05, 4.69) is 82.5 Å². The van der Waals surface area contributed by atoms with Gasteiger partial charge in [-0.25, -0.2) is 9.13 Å². The summed E-state index contributed by atoms with van der Waals surface area (Å²) >= 11 is 0. The molecule has 1 aliphatic heterocycles. The van der Waals surface area contributed by atoms with Gasteiger partial charge in [-0.05, 0) is 102 Å². The molecule has 0 atom stereocenters. The first kappa shape index (κ1) is 42.7. The lowest BCUT2D eigenvalue weighted by atomic mass is 10.1. The van der Waals surface area contributed by atoms with E-state index in [0.29, 0.717) is 0 Å². The van der Waals surface area contributed by atoms with Gasteiger partial charge in [0.2, 0.25) is 0 Å². The van der Waals surface area contributed by atoms with Crippen LogP contribution in [0.25, 0.3) is 0 Å². The summed E-state index contributed by atoms with van der Waals surface area (Å²) in [5.41, 5.74) is 3.03. The number of carbonyl (C=O) groups excluding carboxylic acids is 2. The first-order valence-corrected chi connectivity index (χ1v) is 19.1. The van der Waals surface area contributed by atoms with Crippen LogP contribution in [0.2, 0.25) is 0 Å². The van der Waals surface area contributed by atoms with Crippen LogP contribution in [0.1, 0.15) is 152 Å². The van der Waals surface area contributed by atoms with Crippen molar-refractivity contribution in [2.75, 3.05) is 0 Å². The van der Waals surface area contributed by atoms with Gasteiger partial charge in [0.1, 0.15) is 13.1 Å². The van der Waals surface area contributed by atoms with E-state index in [-0.39, 0.29) is 0 Å². The molecule has 0 aliphatic carbocycles. The number of carboxylic acid groups (broad SMARTS) is 2. The highest BCUT2D eigenvalue weighted by Gasteiger charge is 2.05. The highest BCUT2D eigenvalue weighted by Crippen LogP contribution is 2.12. The molecule has 0 amide bonds. The van der Waals surface area contributed by atoms with Gasteiger partial charge in [-0.2, -0.15) is 0 Å². The largest absolute Gasteiger partial charge is 0.554 e. The smallest absolute Gasteiger partial charge is 0.171 e. The number of hydrogen-bond acceptors (Lipinski definition) is 4. The fourth-order valence-corrected chi connectivity index (χ4v) is 6.26. The minimum absolute atomic E-state index is 0.500. The number of pyridine rings is 2. The first-order chi connectivity index (χ1) is 23.7. The quantitative estimate of drug-likeness (QED) is 0.166. The van der Waals surface area contributed by atoms with Crippen molar-refractivity contribution in [3.63, 3.8) is 0 Å². The molecular formula is C42H66N2O4. The van der Waals surface area contributed by atoms with E-state index >= 15 is 0 Å². The predicted molar refractivity (Wildman–Crippen MR) is 193 cm³/mol. The third-order valence-corrected chi connectivity index (χ3v) is 8.92. The summed E-state index contributed by atoms with van der Waals surface area (Å²) in [6, 6.07) is 9.14. The molecule has 0 saturated carbocycles. The average Bonchev–Trinajstić information content (AvgIpc) is 3.09. The number of fused-ring (bicyclic) bond motifs is 4. The molecular weight excluding hydrogens is 596 g/mol. The highest BCUT2D eigenvalue weighted by atomic mass is 16.3. The summed E-state index contributed by atoms with van der Waals surface area (Å²) in [6.45, 7) is 1.34. The van der Waals surface area contributed by atoms with E-state index in [4.69, 9.17) is 19.8 Å². The van der Waals surface area contributed by atoms with Crippen LogP contribution in [0.3, 0.4) is 0 Å². The van der Waals surface area contributed by atoms with Crippen molar-refractivity contribution in [1.29, 1.82) is 0 Å². The summed E-state index contributed by atoms with van der Waals surface area (Å²) in [5, 5.41) is 16.5. The Balaban J connectivity index is 0.00000178. The zero-order valence-electron chi connectivity index (χ0n) is 30.0. The van der Waals surface area contributed by atoms with E-state index < -0.39 is 12.9 Å². The van der Waals surface area contributed by atoms with Gasteiger partial charge in [0.25, 0.3) is 0 Å². The van der Waals surface area contributed by atoms with E-state index in [0.717, 1.165) is 0 Å². The molecule has 268 valence electrons. The maximum atomic E-state index is 8.25. The Morgan fingerprint density at radius 2 is 0.729 bits per heavy atom. The lowest BCUT2D eigenvalue weighted by Gasteiger charge is -2.03. The van der Waals surface area contributed by atoms with Gasteiger partial charge in [0, 0.05) is 49.0 Å². The second kappa shape index (κ2) is 33.6.